The van der Waals surface area contributed by atoms with E-state index in [1.54, 1.807) is 12.1 Å². The summed E-state index contributed by atoms with van der Waals surface area (Å²) >= 11 is 0. The summed E-state index contributed by atoms with van der Waals surface area (Å²) in [5, 5.41) is 9.60. The molecule has 0 spiro atoms. The first-order valence-corrected chi connectivity index (χ1v) is 7.12. The molecule has 0 aliphatic rings. The van der Waals surface area contributed by atoms with Crippen molar-refractivity contribution in [2.75, 3.05) is 6.61 Å². The van der Waals surface area contributed by atoms with Crippen LogP contribution in [0.5, 0.6) is 5.75 Å². The largest absolute Gasteiger partial charge is 0.507 e. The molecular weight excluding hydrogens is 240 g/mol. The van der Waals surface area contributed by atoms with Gasteiger partial charge in [0.05, 0.1) is 6.61 Å². The van der Waals surface area contributed by atoms with Gasteiger partial charge in [0.25, 0.3) is 0 Å². The molecule has 0 aliphatic heterocycles. The van der Waals surface area contributed by atoms with Gasteiger partial charge in [-0.3, -0.25) is 0 Å². The fourth-order valence-electron chi connectivity index (χ4n) is 1.94. The maximum absolute atomic E-state index is 11.8. The standard InChI is InChI=1S/C16H24O3/c1-3-4-5-6-7-8-11-19-16(18)14-12-13(2)9-10-15(14)17/h9-10,12,17H,3-8,11H2,1-2H3. The van der Waals surface area contributed by atoms with Gasteiger partial charge >= 0.3 is 5.97 Å². The molecule has 0 saturated heterocycles. The Labute approximate surface area is 115 Å². The second-order valence-corrected chi connectivity index (χ2v) is 4.92. The highest BCUT2D eigenvalue weighted by Crippen LogP contribution is 2.19. The van der Waals surface area contributed by atoms with Crippen LogP contribution in [0.2, 0.25) is 0 Å². The highest BCUT2D eigenvalue weighted by molar-refractivity contribution is 5.92. The minimum Gasteiger partial charge on any atom is -0.507 e. The van der Waals surface area contributed by atoms with Gasteiger partial charge in [-0.15, -0.1) is 0 Å². The van der Waals surface area contributed by atoms with E-state index in [4.69, 9.17) is 4.74 Å². The van der Waals surface area contributed by atoms with Gasteiger partial charge in [-0.05, 0) is 25.5 Å². The van der Waals surface area contributed by atoms with E-state index in [0.717, 1.165) is 18.4 Å². The van der Waals surface area contributed by atoms with Crippen LogP contribution in [0, 0.1) is 6.92 Å². The first-order chi connectivity index (χ1) is 9.15. The number of rotatable bonds is 8. The Balaban J connectivity index is 2.26. The Morgan fingerprint density at radius 2 is 1.84 bits per heavy atom. The summed E-state index contributed by atoms with van der Waals surface area (Å²) in [6.45, 7) is 4.50. The number of benzene rings is 1. The number of hydrogen-bond acceptors (Lipinski definition) is 3. The van der Waals surface area contributed by atoms with Crippen molar-refractivity contribution in [3.8, 4) is 5.75 Å². The Hall–Kier alpha value is -1.51. The van der Waals surface area contributed by atoms with E-state index in [1.165, 1.54) is 31.7 Å². The molecular formula is C16H24O3. The van der Waals surface area contributed by atoms with Crippen LogP contribution in [0.1, 0.15) is 61.4 Å². The first-order valence-electron chi connectivity index (χ1n) is 7.12. The lowest BCUT2D eigenvalue weighted by Crippen LogP contribution is -2.07. The predicted molar refractivity (Wildman–Crippen MR) is 76.5 cm³/mol. The van der Waals surface area contributed by atoms with Crippen molar-refractivity contribution in [2.45, 2.75) is 52.4 Å². The molecule has 0 saturated carbocycles. The van der Waals surface area contributed by atoms with Crippen LogP contribution >= 0.6 is 0 Å². The van der Waals surface area contributed by atoms with Crippen LogP contribution in [-0.2, 0) is 4.74 Å². The van der Waals surface area contributed by atoms with Crippen LogP contribution in [0.4, 0.5) is 0 Å². The number of ether oxygens (including phenoxy) is 1. The van der Waals surface area contributed by atoms with E-state index >= 15 is 0 Å². The quantitative estimate of drug-likeness (QED) is 0.565. The summed E-state index contributed by atoms with van der Waals surface area (Å²) < 4.78 is 5.17. The van der Waals surface area contributed by atoms with Crippen molar-refractivity contribution >= 4 is 5.97 Å². The number of phenols is 1. The smallest absolute Gasteiger partial charge is 0.341 e. The number of carbonyl (C=O) groups is 1. The molecule has 106 valence electrons. The second-order valence-electron chi connectivity index (χ2n) is 4.92. The molecule has 0 atom stereocenters. The van der Waals surface area contributed by atoms with E-state index in [0.29, 0.717) is 6.61 Å². The highest BCUT2D eigenvalue weighted by Gasteiger charge is 2.12. The lowest BCUT2D eigenvalue weighted by atomic mass is 10.1. The van der Waals surface area contributed by atoms with Gasteiger partial charge in [0.15, 0.2) is 0 Å². The van der Waals surface area contributed by atoms with Gasteiger partial charge in [0.1, 0.15) is 11.3 Å². The van der Waals surface area contributed by atoms with Gasteiger partial charge in [-0.25, -0.2) is 4.79 Å². The fraction of sp³-hybridized carbons (Fsp3) is 0.562. The van der Waals surface area contributed by atoms with E-state index in [2.05, 4.69) is 6.92 Å². The molecule has 0 amide bonds. The van der Waals surface area contributed by atoms with E-state index in [9.17, 15) is 9.90 Å². The maximum atomic E-state index is 11.8. The van der Waals surface area contributed by atoms with Gasteiger partial charge in [0.2, 0.25) is 0 Å². The lowest BCUT2D eigenvalue weighted by molar-refractivity contribution is 0.0494. The van der Waals surface area contributed by atoms with Crippen molar-refractivity contribution < 1.29 is 14.6 Å². The van der Waals surface area contributed by atoms with E-state index < -0.39 is 5.97 Å². The van der Waals surface area contributed by atoms with Crippen LogP contribution in [0.15, 0.2) is 18.2 Å². The molecule has 0 heterocycles. The number of aromatic hydroxyl groups is 1. The summed E-state index contributed by atoms with van der Waals surface area (Å²) in [6, 6.07) is 4.94. The molecule has 1 N–H and O–H groups in total. The van der Waals surface area contributed by atoms with Crippen molar-refractivity contribution in [1.82, 2.24) is 0 Å². The molecule has 3 nitrogen and oxygen atoms in total. The third-order valence-electron chi connectivity index (χ3n) is 3.10. The van der Waals surface area contributed by atoms with Gasteiger partial charge < -0.3 is 9.84 Å². The average Bonchev–Trinajstić information content (AvgIpc) is 2.40. The van der Waals surface area contributed by atoms with Crippen molar-refractivity contribution in [3.63, 3.8) is 0 Å². The summed E-state index contributed by atoms with van der Waals surface area (Å²) in [5.41, 5.74) is 1.19. The fourth-order valence-corrected chi connectivity index (χ4v) is 1.94. The van der Waals surface area contributed by atoms with Crippen LogP contribution in [-0.4, -0.2) is 17.7 Å². The number of aryl methyl sites for hydroxylation is 1. The van der Waals surface area contributed by atoms with Crippen LogP contribution in [0.3, 0.4) is 0 Å². The maximum Gasteiger partial charge on any atom is 0.341 e. The predicted octanol–water partition coefficient (Wildman–Crippen LogP) is 4.22. The second kappa shape index (κ2) is 8.57. The molecule has 0 aromatic heterocycles. The Kier molecular flexibility index (Phi) is 7.01. The topological polar surface area (TPSA) is 46.5 Å². The molecule has 1 rings (SSSR count). The molecule has 0 fully saturated rings. The van der Waals surface area contributed by atoms with Crippen molar-refractivity contribution in [3.05, 3.63) is 29.3 Å². The van der Waals surface area contributed by atoms with Gasteiger partial charge in [-0.2, -0.15) is 0 Å². The molecule has 0 aliphatic carbocycles. The van der Waals surface area contributed by atoms with Crippen LogP contribution < -0.4 is 0 Å². The summed E-state index contributed by atoms with van der Waals surface area (Å²) in [6.07, 6.45) is 6.94. The molecule has 0 bridgehead atoms. The molecule has 19 heavy (non-hydrogen) atoms. The number of unbranched alkanes of at least 4 members (excludes halogenated alkanes) is 5. The zero-order chi connectivity index (χ0) is 14.1. The first kappa shape index (κ1) is 15.5. The van der Waals surface area contributed by atoms with Gasteiger partial charge in [-0.1, -0.05) is 50.7 Å². The van der Waals surface area contributed by atoms with E-state index in [-0.39, 0.29) is 11.3 Å². The summed E-state index contributed by atoms with van der Waals surface area (Å²) in [5.74, 6) is -0.451. The normalized spacial score (nSPS) is 10.4. The molecule has 0 radical (unpaired) electrons. The number of hydrogen-bond donors (Lipinski definition) is 1. The summed E-state index contributed by atoms with van der Waals surface area (Å²) in [7, 11) is 0. The monoisotopic (exact) mass is 264 g/mol. The van der Waals surface area contributed by atoms with Crippen molar-refractivity contribution in [1.29, 1.82) is 0 Å². The number of phenolic OH excluding ortho intramolecular Hbond substituents is 1. The van der Waals surface area contributed by atoms with Crippen LogP contribution in [0.25, 0.3) is 0 Å². The average molecular weight is 264 g/mol. The van der Waals surface area contributed by atoms with Gasteiger partial charge in [0, 0.05) is 0 Å². The Bertz CT molecular complexity index is 399. The van der Waals surface area contributed by atoms with E-state index in [1.807, 2.05) is 6.92 Å². The molecule has 1 aromatic rings. The highest BCUT2D eigenvalue weighted by atomic mass is 16.5. The Morgan fingerprint density at radius 1 is 1.16 bits per heavy atom. The third kappa shape index (κ3) is 5.77. The van der Waals surface area contributed by atoms with Crippen molar-refractivity contribution in [2.24, 2.45) is 0 Å². The number of carbonyl (C=O) groups excluding carboxylic acids is 1. The lowest BCUT2D eigenvalue weighted by Gasteiger charge is -2.07. The minimum absolute atomic E-state index is 0.0152. The number of esters is 1. The molecule has 3 heteroatoms. The Morgan fingerprint density at radius 3 is 2.58 bits per heavy atom. The minimum atomic E-state index is -0.435. The zero-order valence-electron chi connectivity index (χ0n) is 11.9. The summed E-state index contributed by atoms with van der Waals surface area (Å²) in [4.78, 5) is 11.8. The third-order valence-corrected chi connectivity index (χ3v) is 3.10. The SMILES string of the molecule is CCCCCCCCOC(=O)c1cc(C)ccc1O. The zero-order valence-corrected chi connectivity index (χ0v) is 11.9. The molecule has 1 aromatic carbocycles. The molecule has 0 unspecified atom stereocenters.